The topological polar surface area (TPSA) is 29.5 Å². The molecule has 0 aromatic rings. The molecule has 0 spiro atoms. The molecule has 3 nitrogen and oxygen atoms in total. The highest BCUT2D eigenvalue weighted by atomic mass is 16.5. The third-order valence-corrected chi connectivity index (χ3v) is 2.37. The van der Waals surface area contributed by atoms with Crippen molar-refractivity contribution in [3.8, 4) is 0 Å². The Morgan fingerprint density at radius 3 is 2.75 bits per heavy atom. The van der Waals surface area contributed by atoms with Gasteiger partial charge in [0.15, 0.2) is 0 Å². The van der Waals surface area contributed by atoms with Crippen LogP contribution in [0.25, 0.3) is 0 Å². The smallest absolute Gasteiger partial charge is 0.143 e. The first-order valence-corrected chi connectivity index (χ1v) is 4.42. The van der Waals surface area contributed by atoms with E-state index in [0.717, 1.165) is 13.0 Å². The molecule has 1 heterocycles. The second kappa shape index (κ2) is 4.01. The second-order valence-electron chi connectivity index (χ2n) is 3.55. The van der Waals surface area contributed by atoms with E-state index in [4.69, 9.17) is 4.74 Å². The van der Waals surface area contributed by atoms with Crippen LogP contribution in [0.4, 0.5) is 0 Å². The summed E-state index contributed by atoms with van der Waals surface area (Å²) >= 11 is 0. The Bertz CT molecular complexity index is 170. The molecule has 2 atom stereocenters. The molecule has 0 aliphatic carbocycles. The largest absolute Gasteiger partial charge is 0.377 e. The van der Waals surface area contributed by atoms with E-state index in [9.17, 15) is 4.79 Å². The molecule has 0 aromatic carbocycles. The molecule has 0 aromatic heterocycles. The fourth-order valence-electron chi connectivity index (χ4n) is 1.77. The molecule has 2 unspecified atom stereocenters. The number of rotatable bonds is 3. The van der Waals surface area contributed by atoms with Crippen molar-refractivity contribution in [1.82, 2.24) is 4.90 Å². The Hall–Kier alpha value is -0.410. The number of likely N-dealkylation sites (N-methyl/N-ethyl adjacent to an activating group) is 1. The van der Waals surface area contributed by atoms with Gasteiger partial charge in [-0.25, -0.2) is 0 Å². The summed E-state index contributed by atoms with van der Waals surface area (Å²) in [6, 6.07) is 0.425. The van der Waals surface area contributed by atoms with Gasteiger partial charge in [0.25, 0.3) is 0 Å². The molecule has 0 saturated carbocycles. The molecule has 1 saturated heterocycles. The first-order valence-electron chi connectivity index (χ1n) is 4.42. The fraction of sp³-hybridized carbons (Fsp3) is 0.889. The highest BCUT2D eigenvalue weighted by Gasteiger charge is 2.27. The van der Waals surface area contributed by atoms with Crippen molar-refractivity contribution in [2.24, 2.45) is 0 Å². The number of ketones is 1. The van der Waals surface area contributed by atoms with Crippen LogP contribution in [-0.4, -0.2) is 43.0 Å². The zero-order chi connectivity index (χ0) is 9.14. The van der Waals surface area contributed by atoms with E-state index in [-0.39, 0.29) is 11.9 Å². The van der Waals surface area contributed by atoms with Crippen LogP contribution in [0, 0.1) is 0 Å². The van der Waals surface area contributed by atoms with Crippen LogP contribution in [0.3, 0.4) is 0 Å². The standard InChI is InChI=1S/C9H17NO2/c1-7(11)6-10(3)9-4-5-12-8(9)2/h8-9H,4-6H2,1-3H3. The predicted molar refractivity (Wildman–Crippen MR) is 47.1 cm³/mol. The molecule has 1 aliphatic rings. The summed E-state index contributed by atoms with van der Waals surface area (Å²) in [5, 5.41) is 0. The summed E-state index contributed by atoms with van der Waals surface area (Å²) in [5.41, 5.74) is 0. The lowest BCUT2D eigenvalue weighted by molar-refractivity contribution is -0.118. The van der Waals surface area contributed by atoms with Gasteiger partial charge in [-0.2, -0.15) is 0 Å². The van der Waals surface area contributed by atoms with Crippen molar-refractivity contribution >= 4 is 5.78 Å². The first-order chi connectivity index (χ1) is 5.61. The van der Waals surface area contributed by atoms with Gasteiger partial charge in [-0.15, -0.1) is 0 Å². The van der Waals surface area contributed by atoms with Crippen LogP contribution >= 0.6 is 0 Å². The number of hydrogen-bond donors (Lipinski definition) is 0. The summed E-state index contributed by atoms with van der Waals surface area (Å²) in [6.45, 7) is 5.05. The normalized spacial score (nSPS) is 29.7. The first kappa shape index (κ1) is 9.68. The van der Waals surface area contributed by atoms with Gasteiger partial charge in [0.2, 0.25) is 0 Å². The Balaban J connectivity index is 2.40. The lowest BCUT2D eigenvalue weighted by Gasteiger charge is -2.25. The average molecular weight is 171 g/mol. The van der Waals surface area contributed by atoms with Crippen LogP contribution < -0.4 is 0 Å². The zero-order valence-electron chi connectivity index (χ0n) is 8.04. The predicted octanol–water partition coefficient (Wildman–Crippen LogP) is 0.685. The third kappa shape index (κ3) is 2.29. The molecule has 3 heteroatoms. The number of carbonyl (C=O) groups excluding carboxylic acids is 1. The molecule has 0 bridgehead atoms. The van der Waals surface area contributed by atoms with Crippen LogP contribution in [-0.2, 0) is 9.53 Å². The Kier molecular flexibility index (Phi) is 3.23. The van der Waals surface area contributed by atoms with Gasteiger partial charge in [-0.05, 0) is 27.3 Å². The van der Waals surface area contributed by atoms with E-state index < -0.39 is 0 Å². The highest BCUT2D eigenvalue weighted by Crippen LogP contribution is 2.17. The van der Waals surface area contributed by atoms with Crippen LogP contribution in [0.5, 0.6) is 0 Å². The molecule has 1 fully saturated rings. The van der Waals surface area contributed by atoms with Gasteiger partial charge in [-0.1, -0.05) is 0 Å². The highest BCUT2D eigenvalue weighted by molar-refractivity contribution is 5.77. The van der Waals surface area contributed by atoms with Gasteiger partial charge >= 0.3 is 0 Å². The van der Waals surface area contributed by atoms with Gasteiger partial charge in [-0.3, -0.25) is 9.69 Å². The van der Waals surface area contributed by atoms with Crippen molar-refractivity contribution in [1.29, 1.82) is 0 Å². The van der Waals surface area contributed by atoms with Crippen LogP contribution in [0.1, 0.15) is 20.3 Å². The third-order valence-electron chi connectivity index (χ3n) is 2.37. The van der Waals surface area contributed by atoms with Crippen LogP contribution in [0.2, 0.25) is 0 Å². The summed E-state index contributed by atoms with van der Waals surface area (Å²) in [4.78, 5) is 12.9. The van der Waals surface area contributed by atoms with E-state index in [1.807, 2.05) is 7.05 Å². The SMILES string of the molecule is CC(=O)CN(C)C1CCOC1C. The zero-order valence-corrected chi connectivity index (χ0v) is 8.04. The lowest BCUT2D eigenvalue weighted by Crippen LogP contribution is -2.39. The van der Waals surface area contributed by atoms with Crippen molar-refractivity contribution in [3.05, 3.63) is 0 Å². The number of carbonyl (C=O) groups is 1. The average Bonchev–Trinajstić information content (AvgIpc) is 2.33. The minimum absolute atomic E-state index is 0.219. The van der Waals surface area contributed by atoms with Crippen molar-refractivity contribution in [3.63, 3.8) is 0 Å². The minimum Gasteiger partial charge on any atom is -0.377 e. The van der Waals surface area contributed by atoms with Crippen molar-refractivity contribution in [2.45, 2.75) is 32.4 Å². The number of nitrogens with zero attached hydrogens (tertiary/aromatic N) is 1. The quantitative estimate of drug-likeness (QED) is 0.625. The van der Waals surface area contributed by atoms with Gasteiger partial charge in [0.05, 0.1) is 12.6 Å². The van der Waals surface area contributed by atoms with E-state index in [1.54, 1.807) is 6.92 Å². The van der Waals surface area contributed by atoms with Crippen molar-refractivity contribution in [2.75, 3.05) is 20.2 Å². The number of ether oxygens (including phenoxy) is 1. The Morgan fingerprint density at radius 1 is 1.67 bits per heavy atom. The Morgan fingerprint density at radius 2 is 2.33 bits per heavy atom. The number of Topliss-reactive ketones (excluding diaryl/α,β-unsaturated/α-hetero) is 1. The van der Waals surface area contributed by atoms with Crippen molar-refractivity contribution < 1.29 is 9.53 Å². The van der Waals surface area contributed by atoms with Gasteiger partial charge in [0.1, 0.15) is 5.78 Å². The molecule has 0 amide bonds. The minimum atomic E-state index is 0.219. The summed E-state index contributed by atoms with van der Waals surface area (Å²) in [7, 11) is 1.98. The molecule has 1 aliphatic heterocycles. The maximum atomic E-state index is 10.8. The van der Waals surface area contributed by atoms with Gasteiger partial charge in [0, 0.05) is 12.6 Å². The maximum Gasteiger partial charge on any atom is 0.143 e. The second-order valence-corrected chi connectivity index (χ2v) is 3.55. The summed E-state index contributed by atoms with van der Waals surface area (Å²) in [5.74, 6) is 0.219. The van der Waals surface area contributed by atoms with E-state index in [1.165, 1.54) is 0 Å². The molecule has 0 radical (unpaired) electrons. The van der Waals surface area contributed by atoms with E-state index in [0.29, 0.717) is 12.6 Å². The molecular formula is C9H17NO2. The van der Waals surface area contributed by atoms with E-state index in [2.05, 4.69) is 11.8 Å². The Labute approximate surface area is 73.7 Å². The molecule has 0 N–H and O–H groups in total. The lowest BCUT2D eigenvalue weighted by atomic mass is 10.1. The summed E-state index contributed by atoms with van der Waals surface area (Å²) in [6.07, 6.45) is 1.32. The van der Waals surface area contributed by atoms with E-state index >= 15 is 0 Å². The molecule has 70 valence electrons. The maximum absolute atomic E-state index is 10.8. The fourth-order valence-corrected chi connectivity index (χ4v) is 1.77. The van der Waals surface area contributed by atoms with Crippen LogP contribution in [0.15, 0.2) is 0 Å². The monoisotopic (exact) mass is 171 g/mol. The molecule has 1 rings (SSSR count). The molecular weight excluding hydrogens is 154 g/mol. The number of hydrogen-bond acceptors (Lipinski definition) is 3. The summed E-state index contributed by atoms with van der Waals surface area (Å²) < 4.78 is 5.42. The molecule has 12 heavy (non-hydrogen) atoms. The van der Waals surface area contributed by atoms with Gasteiger partial charge < -0.3 is 4.74 Å².